The van der Waals surface area contributed by atoms with Crippen molar-refractivity contribution in [3.8, 4) is 0 Å². The molecule has 1 rings (SSSR count). The van der Waals surface area contributed by atoms with E-state index in [1.807, 2.05) is 32.5 Å². The number of carbonyl (C=O) groups is 1. The van der Waals surface area contributed by atoms with Crippen LogP contribution in [0.15, 0.2) is 0 Å². The van der Waals surface area contributed by atoms with E-state index >= 15 is 0 Å². The lowest BCUT2D eigenvalue weighted by Gasteiger charge is -2.19. The normalized spacial score (nSPS) is 18.4. The Morgan fingerprint density at radius 2 is 2.06 bits per heavy atom. The van der Waals surface area contributed by atoms with Crippen LogP contribution in [0.1, 0.15) is 40.0 Å². The summed E-state index contributed by atoms with van der Waals surface area (Å²) < 4.78 is 5.61. The molecule has 0 amide bonds. The zero-order valence-corrected chi connectivity index (χ0v) is 11.2. The van der Waals surface area contributed by atoms with Crippen LogP contribution in [-0.4, -0.2) is 34.8 Å². The third-order valence-corrected chi connectivity index (χ3v) is 3.93. The van der Waals surface area contributed by atoms with E-state index in [9.17, 15) is 4.79 Å². The van der Waals surface area contributed by atoms with Crippen molar-refractivity contribution in [2.24, 2.45) is 5.41 Å². The molecular weight excluding hydrogens is 224 g/mol. The van der Waals surface area contributed by atoms with Gasteiger partial charge in [0, 0.05) is 5.75 Å². The third-order valence-electron chi connectivity index (χ3n) is 2.65. The van der Waals surface area contributed by atoms with Crippen molar-refractivity contribution < 1.29 is 14.6 Å². The fraction of sp³-hybridized carbons (Fsp3) is 0.917. The molecule has 0 atom stereocenters. The van der Waals surface area contributed by atoms with E-state index in [0.717, 1.165) is 31.0 Å². The van der Waals surface area contributed by atoms with Gasteiger partial charge in [0.15, 0.2) is 0 Å². The molecule has 0 saturated heterocycles. The van der Waals surface area contributed by atoms with Crippen LogP contribution in [0.5, 0.6) is 0 Å². The summed E-state index contributed by atoms with van der Waals surface area (Å²) in [6.07, 6.45) is 2.49. The minimum atomic E-state index is -0.663. The van der Waals surface area contributed by atoms with Crippen molar-refractivity contribution in [3.05, 3.63) is 0 Å². The molecule has 0 aromatic rings. The molecular formula is C12H22O3S. The Morgan fingerprint density at radius 1 is 1.44 bits per heavy atom. The maximum Gasteiger partial charge on any atom is 0.303 e. The molecule has 16 heavy (non-hydrogen) atoms. The summed E-state index contributed by atoms with van der Waals surface area (Å²) in [7, 11) is 0. The summed E-state index contributed by atoms with van der Waals surface area (Å²) >= 11 is 1.82. The second-order valence-electron chi connectivity index (χ2n) is 5.58. The van der Waals surface area contributed by atoms with E-state index in [4.69, 9.17) is 9.84 Å². The minimum Gasteiger partial charge on any atom is -0.481 e. The second kappa shape index (κ2) is 5.41. The van der Waals surface area contributed by atoms with E-state index < -0.39 is 5.97 Å². The van der Waals surface area contributed by atoms with E-state index in [1.165, 1.54) is 0 Å². The highest BCUT2D eigenvalue weighted by Crippen LogP contribution is 2.50. The fourth-order valence-electron chi connectivity index (χ4n) is 1.57. The van der Waals surface area contributed by atoms with Crippen molar-refractivity contribution in [1.29, 1.82) is 0 Å². The molecule has 1 N–H and O–H groups in total. The van der Waals surface area contributed by atoms with E-state index in [2.05, 4.69) is 0 Å². The van der Waals surface area contributed by atoms with Crippen molar-refractivity contribution in [2.75, 3.05) is 18.1 Å². The summed E-state index contributed by atoms with van der Waals surface area (Å²) in [4.78, 5) is 10.6. The van der Waals surface area contributed by atoms with Gasteiger partial charge in [0.05, 0.1) is 18.6 Å². The SMILES string of the molecule is CC(C)(C)OCCSCC1(CC(=O)O)CC1. The van der Waals surface area contributed by atoms with Gasteiger partial charge in [-0.15, -0.1) is 0 Å². The van der Waals surface area contributed by atoms with Crippen molar-refractivity contribution in [3.63, 3.8) is 0 Å². The number of ether oxygens (including phenoxy) is 1. The zero-order valence-electron chi connectivity index (χ0n) is 10.4. The molecule has 0 unspecified atom stereocenters. The molecule has 0 aliphatic heterocycles. The first kappa shape index (κ1) is 13.8. The molecule has 1 fully saturated rings. The first-order chi connectivity index (χ1) is 7.33. The molecule has 1 aliphatic rings. The van der Waals surface area contributed by atoms with Gasteiger partial charge in [-0.1, -0.05) is 0 Å². The van der Waals surface area contributed by atoms with Crippen LogP contribution < -0.4 is 0 Å². The lowest BCUT2D eigenvalue weighted by Crippen LogP contribution is -2.21. The molecule has 1 aliphatic carbocycles. The average Bonchev–Trinajstić information content (AvgIpc) is 2.81. The number of carboxylic acids is 1. The lowest BCUT2D eigenvalue weighted by molar-refractivity contribution is -0.138. The molecule has 3 nitrogen and oxygen atoms in total. The smallest absolute Gasteiger partial charge is 0.303 e. The van der Waals surface area contributed by atoms with Gasteiger partial charge in [0.2, 0.25) is 0 Å². The van der Waals surface area contributed by atoms with Crippen molar-refractivity contribution >= 4 is 17.7 Å². The van der Waals surface area contributed by atoms with Gasteiger partial charge in [-0.05, 0) is 44.8 Å². The number of rotatable bonds is 7. The number of hydrogen-bond donors (Lipinski definition) is 1. The van der Waals surface area contributed by atoms with Crippen molar-refractivity contribution in [2.45, 2.75) is 45.6 Å². The molecule has 0 aromatic carbocycles. The molecule has 0 heterocycles. The Kier molecular flexibility index (Phi) is 4.68. The summed E-state index contributed by atoms with van der Waals surface area (Å²) in [5, 5.41) is 8.76. The van der Waals surface area contributed by atoms with Crippen LogP contribution in [0, 0.1) is 5.41 Å². The summed E-state index contributed by atoms with van der Waals surface area (Å²) in [5.41, 5.74) is 0.0388. The van der Waals surface area contributed by atoms with Crippen LogP contribution in [0.4, 0.5) is 0 Å². The highest BCUT2D eigenvalue weighted by Gasteiger charge is 2.43. The third kappa shape index (κ3) is 5.75. The molecule has 1 saturated carbocycles. The van der Waals surface area contributed by atoms with Crippen LogP contribution >= 0.6 is 11.8 Å². The standard InChI is InChI=1S/C12H22O3S/c1-11(2,3)15-6-7-16-9-12(4-5-12)8-10(13)14/h4-9H2,1-3H3,(H,13,14). The van der Waals surface area contributed by atoms with Gasteiger partial charge in [-0.2, -0.15) is 11.8 Å². The topological polar surface area (TPSA) is 46.5 Å². The molecule has 0 bridgehead atoms. The van der Waals surface area contributed by atoms with Gasteiger partial charge in [0.1, 0.15) is 0 Å². The fourth-order valence-corrected chi connectivity index (χ4v) is 2.73. The number of thioether (sulfide) groups is 1. The van der Waals surface area contributed by atoms with Gasteiger partial charge >= 0.3 is 5.97 Å². The predicted molar refractivity (Wildman–Crippen MR) is 66.9 cm³/mol. The highest BCUT2D eigenvalue weighted by atomic mass is 32.2. The van der Waals surface area contributed by atoms with Gasteiger partial charge in [-0.25, -0.2) is 0 Å². The Hall–Kier alpha value is -0.220. The summed E-state index contributed by atoms with van der Waals surface area (Å²) in [6, 6.07) is 0. The molecule has 0 aromatic heterocycles. The quantitative estimate of drug-likeness (QED) is 0.702. The van der Waals surface area contributed by atoms with E-state index in [0.29, 0.717) is 6.42 Å². The molecule has 0 spiro atoms. The van der Waals surface area contributed by atoms with E-state index in [-0.39, 0.29) is 11.0 Å². The second-order valence-corrected chi connectivity index (χ2v) is 6.69. The number of aliphatic carboxylic acids is 1. The number of hydrogen-bond acceptors (Lipinski definition) is 3. The first-order valence-corrected chi connectivity index (χ1v) is 6.92. The molecule has 94 valence electrons. The maximum absolute atomic E-state index is 10.6. The van der Waals surface area contributed by atoms with E-state index in [1.54, 1.807) is 0 Å². The van der Waals surface area contributed by atoms with Gasteiger partial charge in [-0.3, -0.25) is 4.79 Å². The first-order valence-electron chi connectivity index (χ1n) is 5.77. The Morgan fingerprint density at radius 3 is 2.50 bits per heavy atom. The van der Waals surface area contributed by atoms with Gasteiger partial charge in [0.25, 0.3) is 0 Å². The highest BCUT2D eigenvalue weighted by molar-refractivity contribution is 7.99. The predicted octanol–water partition coefficient (Wildman–Crippen LogP) is 2.79. The van der Waals surface area contributed by atoms with Crippen LogP contribution in [0.3, 0.4) is 0 Å². The average molecular weight is 246 g/mol. The van der Waals surface area contributed by atoms with Crippen molar-refractivity contribution in [1.82, 2.24) is 0 Å². The number of carboxylic acid groups (broad SMARTS) is 1. The molecule has 4 heteroatoms. The molecule has 0 radical (unpaired) electrons. The Bertz CT molecular complexity index is 241. The Labute approximate surface area is 102 Å². The summed E-state index contributed by atoms with van der Waals surface area (Å²) in [5.74, 6) is 1.26. The van der Waals surface area contributed by atoms with Crippen LogP contribution in [0.2, 0.25) is 0 Å². The van der Waals surface area contributed by atoms with Crippen LogP contribution in [-0.2, 0) is 9.53 Å². The summed E-state index contributed by atoms with van der Waals surface area (Å²) in [6.45, 7) is 6.89. The van der Waals surface area contributed by atoms with Gasteiger partial charge < -0.3 is 9.84 Å². The lowest BCUT2D eigenvalue weighted by atomic mass is 10.1. The van der Waals surface area contributed by atoms with Crippen LogP contribution in [0.25, 0.3) is 0 Å². The minimum absolute atomic E-state index is 0.0705. The largest absolute Gasteiger partial charge is 0.481 e. The Balaban J connectivity index is 2.05. The maximum atomic E-state index is 10.6. The monoisotopic (exact) mass is 246 g/mol. The zero-order chi connectivity index (χ0) is 12.2.